The molecule has 11 heteroatoms. The minimum absolute atomic E-state index is 0.0523. The van der Waals surface area contributed by atoms with Crippen molar-refractivity contribution in [3.63, 3.8) is 0 Å². The van der Waals surface area contributed by atoms with E-state index in [-0.39, 0.29) is 33.7 Å². The first-order chi connectivity index (χ1) is 16.2. The zero-order chi connectivity index (χ0) is 25.0. The topological polar surface area (TPSA) is 118 Å². The second kappa shape index (κ2) is 10.5. The SMILES string of the molecule is COC(=O)COc1ccc(-c2cc(-c3cccc([N+](=O)[O-])c3)c(C(=O)OC)c(C)n2)c(Cl)c1Cl. The molecule has 0 amide bonds. The molecule has 0 spiro atoms. The molecule has 0 bridgehead atoms. The van der Waals surface area contributed by atoms with E-state index < -0.39 is 16.9 Å². The molecule has 176 valence electrons. The molecule has 9 nitrogen and oxygen atoms in total. The largest absolute Gasteiger partial charge is 0.480 e. The molecular formula is C23H18Cl2N2O7. The molecule has 0 aliphatic carbocycles. The van der Waals surface area contributed by atoms with Crippen LogP contribution in [-0.2, 0) is 14.3 Å². The predicted octanol–water partition coefficient (Wildman–Crippen LogP) is 5.28. The molecule has 0 N–H and O–H groups in total. The van der Waals surface area contributed by atoms with Crippen LogP contribution in [0, 0.1) is 17.0 Å². The molecule has 0 radical (unpaired) electrons. The van der Waals surface area contributed by atoms with Crippen molar-refractivity contribution in [3.8, 4) is 28.1 Å². The van der Waals surface area contributed by atoms with Crippen molar-refractivity contribution < 1.29 is 28.7 Å². The highest BCUT2D eigenvalue weighted by molar-refractivity contribution is 6.44. The Morgan fingerprint density at radius 1 is 1.03 bits per heavy atom. The number of rotatable bonds is 7. The normalized spacial score (nSPS) is 10.5. The van der Waals surface area contributed by atoms with Gasteiger partial charge in [-0.1, -0.05) is 35.3 Å². The first-order valence-corrected chi connectivity index (χ1v) is 10.5. The fraction of sp³-hybridized carbons (Fsp3) is 0.174. The second-order valence-corrected chi connectivity index (χ2v) is 7.67. The number of ether oxygens (including phenoxy) is 3. The van der Waals surface area contributed by atoms with Crippen molar-refractivity contribution in [2.24, 2.45) is 0 Å². The van der Waals surface area contributed by atoms with Crippen LogP contribution in [-0.4, -0.2) is 42.7 Å². The summed E-state index contributed by atoms with van der Waals surface area (Å²) in [4.78, 5) is 39.1. The molecule has 3 rings (SSSR count). The van der Waals surface area contributed by atoms with Crippen molar-refractivity contribution in [1.29, 1.82) is 0 Å². The molecule has 2 aromatic carbocycles. The Balaban J connectivity index is 2.16. The van der Waals surface area contributed by atoms with Crippen molar-refractivity contribution in [2.45, 2.75) is 6.92 Å². The molecule has 0 aliphatic heterocycles. The van der Waals surface area contributed by atoms with E-state index in [1.165, 1.54) is 38.5 Å². The monoisotopic (exact) mass is 504 g/mol. The van der Waals surface area contributed by atoms with E-state index in [0.29, 0.717) is 28.1 Å². The summed E-state index contributed by atoms with van der Waals surface area (Å²) in [6.07, 6.45) is 0. The van der Waals surface area contributed by atoms with Gasteiger partial charge in [0.25, 0.3) is 5.69 Å². The molecule has 1 heterocycles. The molecular weight excluding hydrogens is 487 g/mol. The van der Waals surface area contributed by atoms with Gasteiger partial charge in [0.2, 0.25) is 0 Å². The first-order valence-electron chi connectivity index (χ1n) is 9.70. The van der Waals surface area contributed by atoms with Gasteiger partial charge in [-0.15, -0.1) is 0 Å². The van der Waals surface area contributed by atoms with E-state index in [4.69, 9.17) is 32.7 Å². The Labute approximate surface area is 204 Å². The van der Waals surface area contributed by atoms with Crippen molar-refractivity contribution in [1.82, 2.24) is 4.98 Å². The number of carbonyl (C=O) groups excluding carboxylic acids is 2. The lowest BCUT2D eigenvalue weighted by Gasteiger charge is -2.15. The maximum Gasteiger partial charge on any atom is 0.343 e. The van der Waals surface area contributed by atoms with Crippen molar-refractivity contribution in [3.05, 3.63) is 73.9 Å². The zero-order valence-electron chi connectivity index (χ0n) is 18.3. The number of esters is 2. The standard InChI is InChI=1S/C23H18Cl2N2O7/c1-12-20(23(29)33-3)16(13-5-4-6-14(9-13)27(30)31)10-17(26-12)15-7-8-18(22(25)21(15)24)34-11-19(28)32-2/h4-10H,11H2,1-3H3. The van der Waals surface area contributed by atoms with Crippen LogP contribution in [0.3, 0.4) is 0 Å². The highest BCUT2D eigenvalue weighted by Gasteiger charge is 2.22. The number of nitrogens with zero attached hydrogens (tertiary/aromatic N) is 2. The third-order valence-electron chi connectivity index (χ3n) is 4.85. The van der Waals surface area contributed by atoms with Crippen LogP contribution < -0.4 is 4.74 Å². The number of methoxy groups -OCH3 is 2. The van der Waals surface area contributed by atoms with E-state index >= 15 is 0 Å². The molecule has 1 aromatic heterocycles. The van der Waals surface area contributed by atoms with Gasteiger partial charge in [-0.05, 0) is 30.7 Å². The molecule has 34 heavy (non-hydrogen) atoms. The summed E-state index contributed by atoms with van der Waals surface area (Å²) in [5.41, 5.74) is 1.91. The summed E-state index contributed by atoms with van der Waals surface area (Å²) in [6.45, 7) is 1.26. The highest BCUT2D eigenvalue weighted by atomic mass is 35.5. The number of hydrogen-bond acceptors (Lipinski definition) is 8. The molecule has 0 aliphatic rings. The summed E-state index contributed by atoms with van der Waals surface area (Å²) >= 11 is 12.8. The van der Waals surface area contributed by atoms with E-state index in [2.05, 4.69) is 9.72 Å². The van der Waals surface area contributed by atoms with E-state index in [0.717, 1.165) is 0 Å². The number of benzene rings is 2. The van der Waals surface area contributed by atoms with Gasteiger partial charge >= 0.3 is 11.9 Å². The number of pyridine rings is 1. The lowest BCUT2D eigenvalue weighted by atomic mass is 9.96. The van der Waals surface area contributed by atoms with Crippen LogP contribution >= 0.6 is 23.2 Å². The van der Waals surface area contributed by atoms with Crippen LogP contribution in [0.2, 0.25) is 10.0 Å². The number of halogens is 2. The molecule has 0 unspecified atom stereocenters. The average molecular weight is 505 g/mol. The molecule has 0 saturated carbocycles. The fourth-order valence-corrected chi connectivity index (χ4v) is 3.69. The first kappa shape index (κ1) is 24.9. The van der Waals surface area contributed by atoms with E-state index in [1.807, 2.05) is 0 Å². The number of non-ortho nitro benzene ring substituents is 1. The van der Waals surface area contributed by atoms with Gasteiger partial charge in [-0.2, -0.15) is 0 Å². The zero-order valence-corrected chi connectivity index (χ0v) is 19.8. The van der Waals surface area contributed by atoms with Crippen LogP contribution in [0.4, 0.5) is 5.69 Å². The quantitative estimate of drug-likeness (QED) is 0.242. The van der Waals surface area contributed by atoms with E-state index in [9.17, 15) is 19.7 Å². The Bertz CT molecular complexity index is 1290. The third-order valence-corrected chi connectivity index (χ3v) is 5.72. The van der Waals surface area contributed by atoms with Gasteiger partial charge in [-0.3, -0.25) is 15.1 Å². The Morgan fingerprint density at radius 3 is 2.41 bits per heavy atom. The number of aryl methyl sites for hydroxylation is 1. The Morgan fingerprint density at radius 2 is 1.76 bits per heavy atom. The van der Waals surface area contributed by atoms with Crippen LogP contribution in [0.1, 0.15) is 16.1 Å². The number of aromatic nitrogens is 1. The molecule has 3 aromatic rings. The van der Waals surface area contributed by atoms with Gasteiger partial charge < -0.3 is 14.2 Å². The predicted molar refractivity (Wildman–Crippen MR) is 125 cm³/mol. The molecule has 0 saturated heterocycles. The van der Waals surface area contributed by atoms with Gasteiger partial charge in [0.05, 0.1) is 41.1 Å². The third kappa shape index (κ3) is 5.11. The maximum absolute atomic E-state index is 12.5. The summed E-state index contributed by atoms with van der Waals surface area (Å²) in [5.74, 6) is -1.06. The van der Waals surface area contributed by atoms with Gasteiger partial charge in [0.1, 0.15) is 10.8 Å². The van der Waals surface area contributed by atoms with Gasteiger partial charge in [0, 0.05) is 23.3 Å². The summed E-state index contributed by atoms with van der Waals surface area (Å²) in [6, 6.07) is 10.5. The highest BCUT2D eigenvalue weighted by Crippen LogP contribution is 2.41. The summed E-state index contributed by atoms with van der Waals surface area (Å²) < 4.78 is 14.8. The van der Waals surface area contributed by atoms with Crippen molar-refractivity contribution >= 4 is 40.8 Å². The van der Waals surface area contributed by atoms with Crippen LogP contribution in [0.15, 0.2) is 42.5 Å². The fourth-order valence-electron chi connectivity index (χ4n) is 3.22. The number of hydrogen-bond donors (Lipinski definition) is 0. The number of carbonyl (C=O) groups is 2. The minimum Gasteiger partial charge on any atom is -0.480 e. The lowest BCUT2D eigenvalue weighted by Crippen LogP contribution is -2.12. The Kier molecular flexibility index (Phi) is 7.70. The smallest absolute Gasteiger partial charge is 0.343 e. The van der Waals surface area contributed by atoms with Gasteiger partial charge in [0.15, 0.2) is 6.61 Å². The average Bonchev–Trinajstić information content (AvgIpc) is 2.83. The van der Waals surface area contributed by atoms with E-state index in [1.54, 1.807) is 25.1 Å². The van der Waals surface area contributed by atoms with Gasteiger partial charge in [-0.25, -0.2) is 9.59 Å². The van der Waals surface area contributed by atoms with Crippen LogP contribution in [0.25, 0.3) is 22.4 Å². The lowest BCUT2D eigenvalue weighted by molar-refractivity contribution is -0.384. The molecule has 0 fully saturated rings. The molecule has 0 atom stereocenters. The number of nitro groups is 1. The Hall–Kier alpha value is -3.69. The van der Waals surface area contributed by atoms with Crippen molar-refractivity contribution in [2.75, 3.05) is 20.8 Å². The maximum atomic E-state index is 12.5. The summed E-state index contributed by atoms with van der Waals surface area (Å²) in [5, 5.41) is 11.4. The number of nitro benzene ring substituents is 1. The van der Waals surface area contributed by atoms with Crippen LogP contribution in [0.5, 0.6) is 5.75 Å². The minimum atomic E-state index is -0.645. The second-order valence-electron chi connectivity index (χ2n) is 6.92. The summed E-state index contributed by atoms with van der Waals surface area (Å²) in [7, 11) is 2.46.